The smallest absolute Gasteiger partial charge is 0.273 e. The Bertz CT molecular complexity index is 858. The molecule has 1 aromatic carbocycles. The van der Waals surface area contributed by atoms with E-state index < -0.39 is 0 Å². The molecule has 28 heavy (non-hydrogen) atoms. The van der Waals surface area contributed by atoms with Crippen molar-refractivity contribution in [2.24, 2.45) is 5.92 Å². The van der Waals surface area contributed by atoms with Gasteiger partial charge in [0.25, 0.3) is 5.91 Å². The minimum absolute atomic E-state index is 0.117. The maximum Gasteiger partial charge on any atom is 0.273 e. The average molecular weight is 384 g/mol. The van der Waals surface area contributed by atoms with Gasteiger partial charge in [0.2, 0.25) is 12.3 Å². The summed E-state index contributed by atoms with van der Waals surface area (Å²) in [7, 11) is 0. The highest BCUT2D eigenvalue weighted by Gasteiger charge is 2.41. The lowest BCUT2D eigenvalue weighted by Gasteiger charge is -2.42. The molecule has 2 heterocycles. The van der Waals surface area contributed by atoms with Gasteiger partial charge in [0, 0.05) is 23.6 Å². The minimum atomic E-state index is -0.336. The number of rotatable bonds is 7. The average Bonchev–Trinajstić information content (AvgIpc) is 3.13. The number of nitrogens with one attached hydrogen (secondary N) is 2. The van der Waals surface area contributed by atoms with Crippen molar-refractivity contribution in [2.45, 2.75) is 24.9 Å². The van der Waals surface area contributed by atoms with Gasteiger partial charge in [-0.1, -0.05) is 35.5 Å². The van der Waals surface area contributed by atoms with Crippen LogP contribution in [0.3, 0.4) is 0 Å². The number of ether oxygens (including phenoxy) is 1. The SMILES string of the molecule is O=CNN(C(=O)C1CC(NC(=O)c2cc(-c3ccccc3)on2)C1)C1COC1. The molecule has 0 bridgehead atoms. The Balaban J connectivity index is 1.29. The summed E-state index contributed by atoms with van der Waals surface area (Å²) in [6, 6.07) is 10.7. The van der Waals surface area contributed by atoms with Crippen LogP contribution >= 0.6 is 0 Å². The summed E-state index contributed by atoms with van der Waals surface area (Å²) in [5.41, 5.74) is 3.48. The molecular weight excluding hydrogens is 364 g/mol. The lowest BCUT2D eigenvalue weighted by Crippen LogP contribution is -2.61. The summed E-state index contributed by atoms with van der Waals surface area (Å²) in [4.78, 5) is 35.6. The summed E-state index contributed by atoms with van der Waals surface area (Å²) < 4.78 is 10.3. The van der Waals surface area contributed by atoms with Crippen molar-refractivity contribution < 1.29 is 23.6 Å². The van der Waals surface area contributed by atoms with Gasteiger partial charge in [-0.05, 0) is 12.8 Å². The molecule has 2 N–H and O–H groups in total. The molecule has 9 nitrogen and oxygen atoms in total. The third-order valence-corrected chi connectivity index (χ3v) is 5.04. The normalized spacial score (nSPS) is 21.1. The lowest BCUT2D eigenvalue weighted by atomic mass is 9.79. The van der Waals surface area contributed by atoms with Crippen molar-refractivity contribution in [1.29, 1.82) is 0 Å². The number of benzene rings is 1. The molecule has 1 saturated carbocycles. The van der Waals surface area contributed by atoms with Gasteiger partial charge in [0.1, 0.15) is 6.04 Å². The van der Waals surface area contributed by atoms with Gasteiger partial charge in [-0.2, -0.15) is 0 Å². The predicted octanol–water partition coefficient (Wildman–Crippen LogP) is 0.738. The minimum Gasteiger partial charge on any atom is -0.377 e. The number of hydrazine groups is 1. The molecule has 0 atom stereocenters. The van der Waals surface area contributed by atoms with E-state index in [9.17, 15) is 14.4 Å². The van der Waals surface area contributed by atoms with Crippen LogP contribution in [0.4, 0.5) is 0 Å². The third kappa shape index (κ3) is 3.61. The zero-order chi connectivity index (χ0) is 19.5. The van der Waals surface area contributed by atoms with Crippen LogP contribution < -0.4 is 10.7 Å². The van der Waals surface area contributed by atoms with E-state index in [0.29, 0.717) is 38.2 Å². The van der Waals surface area contributed by atoms with E-state index in [4.69, 9.17) is 9.26 Å². The fourth-order valence-electron chi connectivity index (χ4n) is 3.29. The maximum atomic E-state index is 12.5. The first-order chi connectivity index (χ1) is 13.7. The molecular formula is C19H20N4O5. The fourth-order valence-corrected chi connectivity index (χ4v) is 3.29. The summed E-state index contributed by atoms with van der Waals surface area (Å²) >= 11 is 0. The fraction of sp³-hybridized carbons (Fsp3) is 0.368. The zero-order valence-corrected chi connectivity index (χ0v) is 15.0. The number of carbonyl (C=O) groups excluding carboxylic acids is 3. The molecule has 1 saturated heterocycles. The number of hydrogen-bond acceptors (Lipinski definition) is 6. The molecule has 1 aromatic heterocycles. The molecule has 2 aliphatic rings. The molecule has 3 amide bonds. The van der Waals surface area contributed by atoms with E-state index in [-0.39, 0.29) is 35.5 Å². The molecule has 4 rings (SSSR count). The topological polar surface area (TPSA) is 114 Å². The van der Waals surface area contributed by atoms with E-state index in [0.717, 1.165) is 5.56 Å². The Morgan fingerprint density at radius 1 is 1.18 bits per heavy atom. The Labute approximate surface area is 161 Å². The van der Waals surface area contributed by atoms with Gasteiger partial charge >= 0.3 is 0 Å². The monoisotopic (exact) mass is 384 g/mol. The van der Waals surface area contributed by atoms with Crippen LogP contribution in [0.15, 0.2) is 40.9 Å². The number of carbonyl (C=O) groups is 3. The van der Waals surface area contributed by atoms with Gasteiger partial charge in [-0.15, -0.1) is 0 Å². The van der Waals surface area contributed by atoms with Crippen LogP contribution in [0.25, 0.3) is 11.3 Å². The number of nitrogens with zero attached hydrogens (tertiary/aromatic N) is 2. The molecule has 0 spiro atoms. The van der Waals surface area contributed by atoms with Gasteiger partial charge in [0.15, 0.2) is 11.5 Å². The van der Waals surface area contributed by atoms with Crippen LogP contribution in [-0.4, -0.2) is 53.7 Å². The Kier molecular flexibility index (Phi) is 5.07. The van der Waals surface area contributed by atoms with Gasteiger partial charge in [-0.25, -0.2) is 5.01 Å². The van der Waals surface area contributed by atoms with E-state index in [1.165, 1.54) is 5.01 Å². The quantitative estimate of drug-likeness (QED) is 0.538. The molecule has 9 heteroatoms. The number of hydrogen-bond donors (Lipinski definition) is 2. The predicted molar refractivity (Wildman–Crippen MR) is 96.6 cm³/mol. The first kappa shape index (κ1) is 18.2. The van der Waals surface area contributed by atoms with E-state index >= 15 is 0 Å². The molecule has 2 aromatic rings. The molecule has 0 radical (unpaired) electrons. The van der Waals surface area contributed by atoms with E-state index in [1.54, 1.807) is 6.07 Å². The second kappa shape index (κ2) is 7.81. The first-order valence-electron chi connectivity index (χ1n) is 9.09. The molecule has 1 aliphatic heterocycles. The van der Waals surface area contributed by atoms with E-state index in [1.807, 2.05) is 30.3 Å². The number of aromatic nitrogens is 1. The molecule has 146 valence electrons. The summed E-state index contributed by atoms with van der Waals surface area (Å²) in [5, 5.41) is 8.03. The molecule has 1 aliphatic carbocycles. The van der Waals surface area contributed by atoms with Crippen molar-refractivity contribution >= 4 is 18.2 Å². The van der Waals surface area contributed by atoms with Crippen molar-refractivity contribution in [3.8, 4) is 11.3 Å². The van der Waals surface area contributed by atoms with Crippen molar-refractivity contribution in [2.75, 3.05) is 13.2 Å². The summed E-state index contributed by atoms with van der Waals surface area (Å²) in [6.45, 7) is 0.824. The highest BCUT2D eigenvalue weighted by molar-refractivity contribution is 5.93. The summed E-state index contributed by atoms with van der Waals surface area (Å²) in [5.74, 6) is -0.211. The van der Waals surface area contributed by atoms with Crippen LogP contribution in [0, 0.1) is 5.92 Å². The van der Waals surface area contributed by atoms with Gasteiger partial charge in [0.05, 0.1) is 13.2 Å². The standard InChI is InChI=1S/C19H20N4O5/c24-11-20-23(15-9-27-10-15)19(26)13-6-14(7-13)21-18(25)16-8-17(28-22-16)12-4-2-1-3-5-12/h1-5,8,11,13-15H,6-7,9-10H2,(H,20,24)(H,21,25). The molecule has 2 fully saturated rings. The maximum absolute atomic E-state index is 12.5. The third-order valence-electron chi connectivity index (χ3n) is 5.04. The largest absolute Gasteiger partial charge is 0.377 e. The van der Waals surface area contributed by atoms with Crippen LogP contribution in [-0.2, 0) is 14.3 Å². The highest BCUT2D eigenvalue weighted by atomic mass is 16.5. The summed E-state index contributed by atoms with van der Waals surface area (Å²) in [6.07, 6.45) is 1.51. The van der Waals surface area contributed by atoms with Crippen LogP contribution in [0.5, 0.6) is 0 Å². The second-order valence-electron chi connectivity index (χ2n) is 6.93. The van der Waals surface area contributed by atoms with E-state index in [2.05, 4.69) is 15.9 Å². The lowest BCUT2D eigenvalue weighted by molar-refractivity contribution is -0.160. The van der Waals surface area contributed by atoms with Crippen molar-refractivity contribution in [3.63, 3.8) is 0 Å². The zero-order valence-electron chi connectivity index (χ0n) is 15.0. The second-order valence-corrected chi connectivity index (χ2v) is 6.93. The Morgan fingerprint density at radius 3 is 2.57 bits per heavy atom. The van der Waals surface area contributed by atoms with Gasteiger partial charge < -0.3 is 14.6 Å². The van der Waals surface area contributed by atoms with Crippen LogP contribution in [0.1, 0.15) is 23.3 Å². The van der Waals surface area contributed by atoms with Gasteiger partial charge in [-0.3, -0.25) is 19.8 Å². The van der Waals surface area contributed by atoms with Crippen molar-refractivity contribution in [3.05, 3.63) is 42.1 Å². The van der Waals surface area contributed by atoms with Crippen LogP contribution in [0.2, 0.25) is 0 Å². The first-order valence-corrected chi connectivity index (χ1v) is 9.09. The number of amides is 3. The Hall–Kier alpha value is -3.20. The van der Waals surface area contributed by atoms with Crippen molar-refractivity contribution in [1.82, 2.24) is 20.9 Å². The molecule has 0 unspecified atom stereocenters. The Morgan fingerprint density at radius 2 is 1.93 bits per heavy atom. The highest BCUT2D eigenvalue weighted by Crippen LogP contribution is 2.30.